The van der Waals surface area contributed by atoms with Crippen molar-refractivity contribution in [3.8, 4) is 0 Å². The molecule has 0 aromatic carbocycles. The van der Waals surface area contributed by atoms with Crippen LogP contribution < -0.4 is 10.6 Å². The molecule has 1 fully saturated rings. The van der Waals surface area contributed by atoms with E-state index in [1.165, 1.54) is 25.8 Å². The number of hydrogen-bond donors (Lipinski definition) is 2. The average molecular weight is 222 g/mol. The molecule has 2 N–H and O–H groups in total. The Labute approximate surface area is 97.4 Å². The summed E-state index contributed by atoms with van der Waals surface area (Å²) in [6.07, 6.45) is 9.73. The smallest absolute Gasteiger partial charge is 0.0946 e. The monoisotopic (exact) mass is 222 g/mol. The standard InChI is InChI=1S/C12H22N4/c1-11(9-16-7-6-13-10-16)15-8-12-4-2-3-5-14-12/h6-7,10-12,14-15H,2-5,8-9H2,1H3. The summed E-state index contributed by atoms with van der Waals surface area (Å²) >= 11 is 0. The van der Waals surface area contributed by atoms with Crippen molar-refractivity contribution < 1.29 is 0 Å². The highest BCUT2D eigenvalue weighted by molar-refractivity contribution is 4.79. The second-order valence-corrected chi connectivity index (χ2v) is 4.72. The number of hydrogen-bond acceptors (Lipinski definition) is 3. The fraction of sp³-hybridized carbons (Fsp3) is 0.750. The minimum Gasteiger partial charge on any atom is -0.336 e. The van der Waals surface area contributed by atoms with Gasteiger partial charge in [0, 0.05) is 37.6 Å². The molecule has 0 saturated carbocycles. The predicted octanol–water partition coefficient (Wildman–Crippen LogP) is 1.00. The van der Waals surface area contributed by atoms with Gasteiger partial charge in [-0.2, -0.15) is 0 Å². The quantitative estimate of drug-likeness (QED) is 0.781. The molecule has 2 rings (SSSR count). The molecule has 2 unspecified atom stereocenters. The third-order valence-electron chi connectivity index (χ3n) is 3.17. The van der Waals surface area contributed by atoms with Crippen LogP contribution in [0.5, 0.6) is 0 Å². The fourth-order valence-electron chi connectivity index (χ4n) is 2.22. The first-order valence-electron chi connectivity index (χ1n) is 6.27. The molecule has 0 amide bonds. The van der Waals surface area contributed by atoms with Gasteiger partial charge in [0.15, 0.2) is 0 Å². The topological polar surface area (TPSA) is 41.9 Å². The molecule has 1 saturated heterocycles. The Bertz CT molecular complexity index is 277. The van der Waals surface area contributed by atoms with E-state index >= 15 is 0 Å². The normalized spacial score (nSPS) is 23.2. The van der Waals surface area contributed by atoms with Crippen molar-refractivity contribution in [2.75, 3.05) is 13.1 Å². The second-order valence-electron chi connectivity index (χ2n) is 4.72. The first-order valence-corrected chi connectivity index (χ1v) is 6.27. The van der Waals surface area contributed by atoms with E-state index in [0.29, 0.717) is 12.1 Å². The SMILES string of the molecule is CC(Cn1ccnc1)NCC1CCCCN1. The molecular formula is C12H22N4. The number of piperidine rings is 1. The molecule has 2 atom stereocenters. The van der Waals surface area contributed by atoms with Gasteiger partial charge in [-0.15, -0.1) is 0 Å². The summed E-state index contributed by atoms with van der Waals surface area (Å²) < 4.78 is 2.12. The highest BCUT2D eigenvalue weighted by Crippen LogP contribution is 2.06. The van der Waals surface area contributed by atoms with Crippen LogP contribution in [-0.2, 0) is 6.54 Å². The molecule has 0 aliphatic carbocycles. The minimum absolute atomic E-state index is 0.498. The summed E-state index contributed by atoms with van der Waals surface area (Å²) in [7, 11) is 0. The largest absolute Gasteiger partial charge is 0.336 e. The van der Waals surface area contributed by atoms with Gasteiger partial charge in [-0.05, 0) is 26.3 Å². The summed E-state index contributed by atoms with van der Waals surface area (Å²) in [5.74, 6) is 0. The van der Waals surface area contributed by atoms with Crippen molar-refractivity contribution in [1.82, 2.24) is 20.2 Å². The molecule has 1 aliphatic heterocycles. The van der Waals surface area contributed by atoms with Crippen molar-refractivity contribution in [2.24, 2.45) is 0 Å². The molecule has 90 valence electrons. The van der Waals surface area contributed by atoms with Crippen LogP contribution in [-0.4, -0.2) is 34.7 Å². The highest BCUT2D eigenvalue weighted by Gasteiger charge is 2.13. The van der Waals surface area contributed by atoms with E-state index in [-0.39, 0.29) is 0 Å². The zero-order chi connectivity index (χ0) is 11.2. The Morgan fingerprint density at radius 1 is 1.56 bits per heavy atom. The zero-order valence-corrected chi connectivity index (χ0v) is 10.0. The van der Waals surface area contributed by atoms with Gasteiger partial charge >= 0.3 is 0 Å². The Morgan fingerprint density at radius 2 is 2.50 bits per heavy atom. The van der Waals surface area contributed by atoms with E-state index in [4.69, 9.17) is 0 Å². The van der Waals surface area contributed by atoms with Crippen molar-refractivity contribution in [3.05, 3.63) is 18.7 Å². The van der Waals surface area contributed by atoms with Gasteiger partial charge in [0.05, 0.1) is 6.33 Å². The molecule has 1 aromatic rings. The minimum atomic E-state index is 0.498. The summed E-state index contributed by atoms with van der Waals surface area (Å²) in [5.41, 5.74) is 0. The molecule has 4 heteroatoms. The van der Waals surface area contributed by atoms with Gasteiger partial charge in [-0.1, -0.05) is 6.42 Å². The van der Waals surface area contributed by atoms with Gasteiger partial charge in [0.2, 0.25) is 0 Å². The third-order valence-corrected chi connectivity index (χ3v) is 3.17. The van der Waals surface area contributed by atoms with Gasteiger partial charge in [0.25, 0.3) is 0 Å². The van der Waals surface area contributed by atoms with Crippen molar-refractivity contribution in [1.29, 1.82) is 0 Å². The fourth-order valence-corrected chi connectivity index (χ4v) is 2.22. The van der Waals surface area contributed by atoms with Crippen molar-refractivity contribution in [2.45, 2.75) is 44.8 Å². The molecule has 0 bridgehead atoms. The Morgan fingerprint density at radius 3 is 3.19 bits per heavy atom. The van der Waals surface area contributed by atoms with E-state index in [0.717, 1.165) is 13.1 Å². The number of imidazole rings is 1. The molecule has 0 spiro atoms. The van der Waals surface area contributed by atoms with Crippen LogP contribution in [0.25, 0.3) is 0 Å². The van der Waals surface area contributed by atoms with Gasteiger partial charge in [-0.3, -0.25) is 0 Å². The predicted molar refractivity (Wildman–Crippen MR) is 65.3 cm³/mol. The first-order chi connectivity index (χ1) is 7.84. The van der Waals surface area contributed by atoms with Crippen LogP contribution in [0.2, 0.25) is 0 Å². The lowest BCUT2D eigenvalue weighted by Crippen LogP contribution is -2.44. The van der Waals surface area contributed by atoms with Crippen LogP contribution in [0.15, 0.2) is 18.7 Å². The Hall–Kier alpha value is -0.870. The highest BCUT2D eigenvalue weighted by atomic mass is 15.1. The Balaban J connectivity index is 1.65. The molecule has 1 aromatic heterocycles. The molecular weight excluding hydrogens is 200 g/mol. The summed E-state index contributed by atoms with van der Waals surface area (Å²) in [6.45, 7) is 5.48. The third kappa shape index (κ3) is 3.61. The lowest BCUT2D eigenvalue weighted by Gasteiger charge is -2.25. The Kier molecular flexibility index (Phi) is 4.36. The summed E-state index contributed by atoms with van der Waals surface area (Å²) in [5, 5.41) is 7.13. The van der Waals surface area contributed by atoms with Gasteiger partial charge < -0.3 is 15.2 Å². The maximum atomic E-state index is 4.05. The average Bonchev–Trinajstić information content (AvgIpc) is 2.81. The van der Waals surface area contributed by atoms with Crippen LogP contribution in [0.4, 0.5) is 0 Å². The molecule has 16 heavy (non-hydrogen) atoms. The van der Waals surface area contributed by atoms with Crippen LogP contribution in [0.1, 0.15) is 26.2 Å². The van der Waals surface area contributed by atoms with Crippen molar-refractivity contribution >= 4 is 0 Å². The second kappa shape index (κ2) is 6.01. The number of rotatable bonds is 5. The van der Waals surface area contributed by atoms with Crippen LogP contribution in [0, 0.1) is 0 Å². The maximum Gasteiger partial charge on any atom is 0.0946 e. The van der Waals surface area contributed by atoms with Crippen molar-refractivity contribution in [3.63, 3.8) is 0 Å². The molecule has 0 radical (unpaired) electrons. The van der Waals surface area contributed by atoms with E-state index in [9.17, 15) is 0 Å². The van der Waals surface area contributed by atoms with Gasteiger partial charge in [-0.25, -0.2) is 4.98 Å². The number of aromatic nitrogens is 2. The molecule has 4 nitrogen and oxygen atoms in total. The van der Waals surface area contributed by atoms with E-state index < -0.39 is 0 Å². The zero-order valence-electron chi connectivity index (χ0n) is 10.0. The molecule has 1 aliphatic rings. The van der Waals surface area contributed by atoms with E-state index in [1.807, 2.05) is 18.7 Å². The van der Waals surface area contributed by atoms with E-state index in [2.05, 4.69) is 27.1 Å². The first kappa shape index (κ1) is 11.6. The summed E-state index contributed by atoms with van der Waals surface area (Å²) in [4.78, 5) is 4.05. The lowest BCUT2D eigenvalue weighted by molar-refractivity contribution is 0.359. The number of nitrogens with one attached hydrogen (secondary N) is 2. The lowest BCUT2D eigenvalue weighted by atomic mass is 10.0. The van der Waals surface area contributed by atoms with E-state index in [1.54, 1.807) is 0 Å². The van der Waals surface area contributed by atoms with Crippen LogP contribution in [0.3, 0.4) is 0 Å². The van der Waals surface area contributed by atoms with Gasteiger partial charge in [0.1, 0.15) is 0 Å². The van der Waals surface area contributed by atoms with Crippen LogP contribution >= 0.6 is 0 Å². The number of nitrogens with zero attached hydrogens (tertiary/aromatic N) is 2. The maximum absolute atomic E-state index is 4.05. The molecule has 2 heterocycles. The summed E-state index contributed by atoms with van der Waals surface area (Å²) in [6, 6.07) is 1.16.